The van der Waals surface area contributed by atoms with Gasteiger partial charge >= 0.3 is 0 Å². The highest BCUT2D eigenvalue weighted by Gasteiger charge is 2.33. The van der Waals surface area contributed by atoms with Crippen molar-refractivity contribution >= 4 is 5.78 Å². The molecule has 2 heteroatoms. The zero-order chi connectivity index (χ0) is 10.8. The van der Waals surface area contributed by atoms with Gasteiger partial charge in [0.05, 0.1) is 0 Å². The van der Waals surface area contributed by atoms with Crippen molar-refractivity contribution < 1.29 is 9.90 Å². The predicted octanol–water partition coefficient (Wildman–Crippen LogP) is 2.18. The van der Waals surface area contributed by atoms with Crippen LogP contribution in [0.15, 0.2) is 24.3 Å². The highest BCUT2D eigenvalue weighted by molar-refractivity contribution is 5.86. The minimum absolute atomic E-state index is 0.200. The highest BCUT2D eigenvalue weighted by Crippen LogP contribution is 2.28. The van der Waals surface area contributed by atoms with Crippen molar-refractivity contribution in [3.8, 4) is 0 Å². The lowest BCUT2D eigenvalue weighted by Gasteiger charge is -2.25. The molecule has 0 heterocycles. The maximum absolute atomic E-state index is 11.4. The van der Waals surface area contributed by atoms with Gasteiger partial charge in [-0.25, -0.2) is 0 Å². The van der Waals surface area contributed by atoms with Crippen LogP contribution in [0.4, 0.5) is 0 Å². The number of aryl methyl sites for hydroxylation is 1. The van der Waals surface area contributed by atoms with E-state index in [1.165, 1.54) is 6.92 Å². The van der Waals surface area contributed by atoms with Crippen molar-refractivity contribution in [2.24, 2.45) is 0 Å². The van der Waals surface area contributed by atoms with Gasteiger partial charge in [-0.2, -0.15) is 0 Å². The first kappa shape index (κ1) is 10.9. The largest absolute Gasteiger partial charge is 0.377 e. The summed E-state index contributed by atoms with van der Waals surface area (Å²) in [5.41, 5.74) is 0.354. The summed E-state index contributed by atoms with van der Waals surface area (Å²) in [5.74, 6) is -0.200. The van der Waals surface area contributed by atoms with Crippen molar-refractivity contribution in [2.45, 2.75) is 32.8 Å². The molecule has 1 atom stereocenters. The van der Waals surface area contributed by atoms with Crippen LogP contribution < -0.4 is 0 Å². The summed E-state index contributed by atoms with van der Waals surface area (Å²) in [4.78, 5) is 11.4. The lowest BCUT2D eigenvalue weighted by Crippen LogP contribution is -2.33. The quantitative estimate of drug-likeness (QED) is 0.797. The van der Waals surface area contributed by atoms with Gasteiger partial charge in [-0.15, -0.1) is 0 Å². The minimum atomic E-state index is -1.31. The standard InChI is InChI=1S/C12H16O2/c1-4-12(14,10(3)13)11-8-6-5-7-9(11)2/h5-8,14H,4H2,1-3H3. The summed E-state index contributed by atoms with van der Waals surface area (Å²) in [5, 5.41) is 10.2. The number of hydrogen-bond donors (Lipinski definition) is 1. The molecule has 0 aliphatic rings. The Bertz CT molecular complexity index is 344. The van der Waals surface area contributed by atoms with Gasteiger partial charge in [0, 0.05) is 0 Å². The summed E-state index contributed by atoms with van der Waals surface area (Å²) in [6.07, 6.45) is 0.410. The minimum Gasteiger partial charge on any atom is -0.377 e. The molecule has 1 aromatic carbocycles. The van der Waals surface area contributed by atoms with Crippen LogP contribution in [-0.4, -0.2) is 10.9 Å². The van der Waals surface area contributed by atoms with Crippen LogP contribution >= 0.6 is 0 Å². The van der Waals surface area contributed by atoms with Crippen LogP contribution in [0.5, 0.6) is 0 Å². The van der Waals surface area contributed by atoms with Crippen molar-refractivity contribution in [1.82, 2.24) is 0 Å². The maximum atomic E-state index is 11.4. The molecule has 0 aliphatic carbocycles. The zero-order valence-corrected chi connectivity index (χ0v) is 8.87. The van der Waals surface area contributed by atoms with Crippen LogP contribution in [0, 0.1) is 6.92 Å². The fourth-order valence-corrected chi connectivity index (χ4v) is 1.67. The van der Waals surface area contributed by atoms with E-state index in [9.17, 15) is 9.90 Å². The second-order valence-electron chi connectivity index (χ2n) is 3.58. The summed E-state index contributed by atoms with van der Waals surface area (Å²) < 4.78 is 0. The van der Waals surface area contributed by atoms with E-state index in [1.807, 2.05) is 32.0 Å². The molecule has 0 radical (unpaired) electrons. The number of benzene rings is 1. The molecule has 0 aliphatic heterocycles. The Morgan fingerprint density at radius 1 is 1.43 bits per heavy atom. The zero-order valence-electron chi connectivity index (χ0n) is 8.87. The van der Waals surface area contributed by atoms with Gasteiger partial charge < -0.3 is 5.11 Å². The molecule has 76 valence electrons. The van der Waals surface area contributed by atoms with Crippen molar-refractivity contribution in [3.05, 3.63) is 35.4 Å². The van der Waals surface area contributed by atoms with E-state index >= 15 is 0 Å². The van der Waals surface area contributed by atoms with Crippen LogP contribution in [0.2, 0.25) is 0 Å². The van der Waals surface area contributed by atoms with E-state index in [4.69, 9.17) is 0 Å². The van der Waals surface area contributed by atoms with Gasteiger partial charge in [0.2, 0.25) is 0 Å². The first-order valence-electron chi connectivity index (χ1n) is 4.82. The Hall–Kier alpha value is -1.15. The predicted molar refractivity (Wildman–Crippen MR) is 56.0 cm³/mol. The summed E-state index contributed by atoms with van der Waals surface area (Å²) in [7, 11) is 0. The first-order valence-corrected chi connectivity index (χ1v) is 4.82. The molecule has 0 bridgehead atoms. The van der Waals surface area contributed by atoms with E-state index in [0.717, 1.165) is 11.1 Å². The number of ketones is 1. The SMILES string of the molecule is CCC(O)(C(C)=O)c1ccccc1C. The van der Waals surface area contributed by atoms with E-state index in [-0.39, 0.29) is 5.78 Å². The van der Waals surface area contributed by atoms with Gasteiger partial charge in [0.1, 0.15) is 5.60 Å². The Morgan fingerprint density at radius 2 is 2.00 bits per heavy atom. The van der Waals surface area contributed by atoms with Crippen molar-refractivity contribution in [3.63, 3.8) is 0 Å². The third-order valence-corrected chi connectivity index (χ3v) is 2.68. The molecule has 0 spiro atoms. The van der Waals surface area contributed by atoms with Gasteiger partial charge in [0.15, 0.2) is 5.78 Å². The molecule has 0 aromatic heterocycles. The first-order chi connectivity index (χ1) is 6.52. The molecule has 2 nitrogen and oxygen atoms in total. The van der Waals surface area contributed by atoms with Gasteiger partial charge in [-0.3, -0.25) is 4.79 Å². The van der Waals surface area contributed by atoms with E-state index in [0.29, 0.717) is 6.42 Å². The fraction of sp³-hybridized carbons (Fsp3) is 0.417. The molecule has 1 N–H and O–H groups in total. The molecule has 0 fully saturated rings. The van der Waals surface area contributed by atoms with Crippen LogP contribution in [0.3, 0.4) is 0 Å². The van der Waals surface area contributed by atoms with E-state index in [2.05, 4.69) is 0 Å². The Morgan fingerprint density at radius 3 is 2.43 bits per heavy atom. The molecule has 0 saturated heterocycles. The molecule has 0 saturated carbocycles. The second-order valence-corrected chi connectivity index (χ2v) is 3.58. The normalized spacial score (nSPS) is 14.9. The third-order valence-electron chi connectivity index (χ3n) is 2.68. The van der Waals surface area contributed by atoms with Gasteiger partial charge in [0.25, 0.3) is 0 Å². The molecule has 1 aromatic rings. The Labute approximate surface area is 84.6 Å². The van der Waals surface area contributed by atoms with E-state index in [1.54, 1.807) is 6.07 Å². The molecule has 0 amide bonds. The molecule has 1 rings (SSSR count). The van der Waals surface area contributed by atoms with Gasteiger partial charge in [-0.05, 0) is 31.4 Å². The van der Waals surface area contributed by atoms with Crippen LogP contribution in [-0.2, 0) is 10.4 Å². The average Bonchev–Trinajstić information content (AvgIpc) is 2.17. The van der Waals surface area contributed by atoms with E-state index < -0.39 is 5.60 Å². The monoisotopic (exact) mass is 192 g/mol. The molecular weight excluding hydrogens is 176 g/mol. The summed E-state index contributed by atoms with van der Waals surface area (Å²) in [6, 6.07) is 7.44. The lowest BCUT2D eigenvalue weighted by molar-refractivity contribution is -0.136. The molecular formula is C12H16O2. The van der Waals surface area contributed by atoms with Gasteiger partial charge in [-0.1, -0.05) is 31.2 Å². The Kier molecular flexibility index (Phi) is 3.06. The van der Waals surface area contributed by atoms with Crippen LogP contribution in [0.25, 0.3) is 0 Å². The molecule has 14 heavy (non-hydrogen) atoms. The molecule has 1 unspecified atom stereocenters. The average molecular weight is 192 g/mol. The summed E-state index contributed by atoms with van der Waals surface area (Å²) in [6.45, 7) is 5.14. The number of Topliss-reactive ketones (excluding diaryl/α,β-unsaturated/α-hetero) is 1. The number of hydrogen-bond acceptors (Lipinski definition) is 2. The topological polar surface area (TPSA) is 37.3 Å². The number of rotatable bonds is 3. The highest BCUT2D eigenvalue weighted by atomic mass is 16.3. The number of carbonyl (C=O) groups excluding carboxylic acids is 1. The third kappa shape index (κ3) is 1.70. The Balaban J connectivity index is 3.26. The maximum Gasteiger partial charge on any atom is 0.165 e. The fourth-order valence-electron chi connectivity index (χ4n) is 1.67. The van der Waals surface area contributed by atoms with Crippen LogP contribution in [0.1, 0.15) is 31.4 Å². The smallest absolute Gasteiger partial charge is 0.165 e. The summed E-state index contributed by atoms with van der Waals surface area (Å²) >= 11 is 0. The number of carbonyl (C=O) groups is 1. The lowest BCUT2D eigenvalue weighted by atomic mass is 9.85. The van der Waals surface area contributed by atoms with Crippen molar-refractivity contribution in [2.75, 3.05) is 0 Å². The number of aliphatic hydroxyl groups is 1. The second kappa shape index (κ2) is 3.93. The van der Waals surface area contributed by atoms with Crippen molar-refractivity contribution in [1.29, 1.82) is 0 Å².